The summed E-state index contributed by atoms with van der Waals surface area (Å²) in [6.07, 6.45) is 4.97. The van der Waals surface area contributed by atoms with E-state index in [-0.39, 0.29) is 0 Å². The highest BCUT2D eigenvalue weighted by Crippen LogP contribution is 2.25. The summed E-state index contributed by atoms with van der Waals surface area (Å²) >= 11 is 1.70. The van der Waals surface area contributed by atoms with Gasteiger partial charge in [0.25, 0.3) is 0 Å². The molecule has 1 rings (SSSR count). The normalized spacial score (nSPS) is 11.3. The lowest BCUT2D eigenvalue weighted by Gasteiger charge is -2.10. The van der Waals surface area contributed by atoms with Crippen LogP contribution in [0, 0.1) is 0 Å². The van der Waals surface area contributed by atoms with E-state index in [4.69, 9.17) is 0 Å². The molecule has 0 aliphatic rings. The van der Waals surface area contributed by atoms with E-state index in [2.05, 4.69) is 6.20 Å². The van der Waals surface area contributed by atoms with Crippen molar-refractivity contribution in [3.05, 3.63) is 41.6 Å². The molecule has 0 heterocycles. The predicted octanol–water partition coefficient (Wildman–Crippen LogP) is 2.72. The number of thioether (sulfide) groups is 1. The van der Waals surface area contributed by atoms with E-state index in [0.29, 0.717) is 5.56 Å². The molecule has 0 atom stereocenters. The first kappa shape index (κ1) is 11.9. The minimum Gasteiger partial charge on any atom is -0.383 e. The van der Waals surface area contributed by atoms with Crippen molar-refractivity contribution in [2.24, 2.45) is 0 Å². The topological polar surface area (TPSA) is 20.3 Å². The zero-order valence-electron chi connectivity index (χ0n) is 9.23. The first-order chi connectivity index (χ1) is 7.17. The van der Waals surface area contributed by atoms with Crippen LogP contribution in [0.2, 0.25) is 0 Å². The Bertz CT molecular complexity index is 354. The van der Waals surface area contributed by atoms with Gasteiger partial charge in [-0.25, -0.2) is 0 Å². The van der Waals surface area contributed by atoms with Gasteiger partial charge in [0.1, 0.15) is 6.29 Å². The molecule has 0 fully saturated rings. The van der Waals surface area contributed by atoms with Crippen LogP contribution in [-0.2, 0) is 0 Å². The summed E-state index contributed by atoms with van der Waals surface area (Å²) in [7, 11) is 3.99. The molecule has 0 radical (unpaired) electrons. The Kier molecular flexibility index (Phi) is 4.43. The van der Waals surface area contributed by atoms with Gasteiger partial charge in [0.2, 0.25) is 0 Å². The number of carbonyl (C=O) groups excluding carboxylic acids is 1. The number of benzene rings is 1. The molecule has 0 amide bonds. The van der Waals surface area contributed by atoms with E-state index in [1.54, 1.807) is 11.8 Å². The third-order valence-corrected chi connectivity index (χ3v) is 2.71. The summed E-state index contributed by atoms with van der Waals surface area (Å²) in [4.78, 5) is 13.7. The van der Waals surface area contributed by atoms with Crippen molar-refractivity contribution in [1.82, 2.24) is 4.90 Å². The van der Waals surface area contributed by atoms with Crippen molar-refractivity contribution in [3.63, 3.8) is 0 Å². The first-order valence-electron chi connectivity index (χ1n) is 4.65. The molecule has 0 aromatic heterocycles. The summed E-state index contributed by atoms with van der Waals surface area (Å²) in [5.41, 5.74) is 1.85. The monoisotopic (exact) mass is 221 g/mol. The molecule has 0 unspecified atom stereocenters. The lowest BCUT2D eigenvalue weighted by molar-refractivity contribution is 0.112. The highest BCUT2D eigenvalue weighted by Gasteiger charge is 2.00. The van der Waals surface area contributed by atoms with Crippen LogP contribution in [-0.4, -0.2) is 31.5 Å². The molecular formula is C12H15NOS. The van der Waals surface area contributed by atoms with Gasteiger partial charge in [0.05, 0.1) is 0 Å². The number of aldehydes is 1. The van der Waals surface area contributed by atoms with Gasteiger partial charge >= 0.3 is 0 Å². The average Bonchev–Trinajstić information content (AvgIpc) is 2.26. The number of rotatable bonds is 4. The van der Waals surface area contributed by atoms with Gasteiger partial charge in [0.15, 0.2) is 0 Å². The summed E-state index contributed by atoms with van der Waals surface area (Å²) < 4.78 is 0. The lowest BCUT2D eigenvalue weighted by Crippen LogP contribution is -2.01. The third-order valence-electron chi connectivity index (χ3n) is 1.93. The Hall–Kier alpha value is -1.22. The molecule has 1 aromatic carbocycles. The molecule has 1 aromatic rings. The molecule has 0 saturated carbocycles. The quantitative estimate of drug-likeness (QED) is 0.729. The fraction of sp³-hybridized carbons (Fsp3) is 0.250. The number of hydrogen-bond donors (Lipinski definition) is 0. The Labute approximate surface area is 95.0 Å². The van der Waals surface area contributed by atoms with Crippen molar-refractivity contribution in [3.8, 4) is 0 Å². The van der Waals surface area contributed by atoms with Gasteiger partial charge in [-0.2, -0.15) is 0 Å². The van der Waals surface area contributed by atoms with Gasteiger partial charge < -0.3 is 4.90 Å². The van der Waals surface area contributed by atoms with E-state index in [0.717, 1.165) is 11.8 Å². The summed E-state index contributed by atoms with van der Waals surface area (Å²) in [6.45, 7) is 0. The molecule has 80 valence electrons. The third kappa shape index (κ3) is 3.44. The molecule has 0 bridgehead atoms. The zero-order valence-corrected chi connectivity index (χ0v) is 10.0. The van der Waals surface area contributed by atoms with E-state index < -0.39 is 0 Å². The maximum atomic E-state index is 10.5. The maximum absolute atomic E-state index is 10.5. The molecule has 15 heavy (non-hydrogen) atoms. The molecular weight excluding hydrogens is 206 g/mol. The zero-order chi connectivity index (χ0) is 11.3. The maximum Gasteiger partial charge on any atom is 0.150 e. The Morgan fingerprint density at radius 2 is 1.87 bits per heavy atom. The second-order valence-electron chi connectivity index (χ2n) is 3.40. The first-order valence-corrected chi connectivity index (χ1v) is 5.87. The molecule has 0 N–H and O–H groups in total. The Balaban J connectivity index is 2.98. The Morgan fingerprint density at radius 1 is 1.27 bits per heavy atom. The number of nitrogens with zero attached hydrogens (tertiary/aromatic N) is 1. The minimum absolute atomic E-state index is 0.712. The van der Waals surface area contributed by atoms with Crippen molar-refractivity contribution < 1.29 is 4.79 Å². The van der Waals surface area contributed by atoms with Gasteiger partial charge in [-0.1, -0.05) is 24.3 Å². The average molecular weight is 221 g/mol. The largest absolute Gasteiger partial charge is 0.383 e. The lowest BCUT2D eigenvalue weighted by atomic mass is 10.1. The van der Waals surface area contributed by atoms with Crippen LogP contribution < -0.4 is 0 Å². The highest BCUT2D eigenvalue weighted by molar-refractivity contribution is 8.07. The molecule has 2 nitrogen and oxygen atoms in total. The van der Waals surface area contributed by atoms with Crippen LogP contribution >= 0.6 is 11.8 Å². The van der Waals surface area contributed by atoms with Gasteiger partial charge in [-0.15, -0.1) is 11.8 Å². The Morgan fingerprint density at radius 3 is 2.27 bits per heavy atom. The van der Waals surface area contributed by atoms with Crippen molar-refractivity contribution in [2.75, 3.05) is 20.4 Å². The molecule has 0 aliphatic heterocycles. The summed E-state index contributed by atoms with van der Waals surface area (Å²) in [5.74, 6) is 0. The minimum atomic E-state index is 0.712. The van der Waals surface area contributed by atoms with Gasteiger partial charge in [-0.3, -0.25) is 4.79 Å². The van der Waals surface area contributed by atoms with E-state index in [1.165, 1.54) is 4.91 Å². The van der Waals surface area contributed by atoms with E-state index in [9.17, 15) is 4.79 Å². The fourth-order valence-electron chi connectivity index (χ4n) is 1.21. The molecule has 3 heteroatoms. The molecule has 0 spiro atoms. The second-order valence-corrected chi connectivity index (χ2v) is 4.25. The highest BCUT2D eigenvalue weighted by atomic mass is 32.2. The second kappa shape index (κ2) is 5.61. The van der Waals surface area contributed by atoms with Crippen LogP contribution in [0.15, 0.2) is 30.5 Å². The van der Waals surface area contributed by atoms with E-state index >= 15 is 0 Å². The van der Waals surface area contributed by atoms with Crippen molar-refractivity contribution in [1.29, 1.82) is 0 Å². The van der Waals surface area contributed by atoms with Crippen LogP contribution in [0.5, 0.6) is 0 Å². The van der Waals surface area contributed by atoms with E-state index in [1.807, 2.05) is 49.5 Å². The number of carbonyl (C=O) groups is 1. The molecule has 0 aliphatic carbocycles. The van der Waals surface area contributed by atoms with Crippen LogP contribution in [0.1, 0.15) is 15.9 Å². The van der Waals surface area contributed by atoms with Crippen LogP contribution in [0.3, 0.4) is 0 Å². The number of hydrogen-bond acceptors (Lipinski definition) is 3. The fourth-order valence-corrected chi connectivity index (χ4v) is 1.89. The van der Waals surface area contributed by atoms with Crippen molar-refractivity contribution >= 4 is 23.0 Å². The van der Waals surface area contributed by atoms with Crippen LogP contribution in [0.25, 0.3) is 4.91 Å². The smallest absolute Gasteiger partial charge is 0.150 e. The molecule has 0 saturated heterocycles. The summed E-state index contributed by atoms with van der Waals surface area (Å²) in [5, 5.41) is 0. The van der Waals surface area contributed by atoms with Crippen LogP contribution in [0.4, 0.5) is 0 Å². The van der Waals surface area contributed by atoms with Gasteiger partial charge in [0, 0.05) is 30.8 Å². The SMILES string of the molecule is CS/C(=C\N(C)C)c1ccc(C=O)cc1. The van der Waals surface area contributed by atoms with Gasteiger partial charge in [-0.05, 0) is 11.8 Å². The summed E-state index contributed by atoms with van der Waals surface area (Å²) in [6, 6.07) is 7.61. The standard InChI is InChI=1S/C12H15NOS/c1-13(2)8-12(15-3)11-6-4-10(9-14)5-7-11/h4-9H,1-3H3/b12-8-. The predicted molar refractivity (Wildman–Crippen MR) is 67.0 cm³/mol. The van der Waals surface area contributed by atoms with Crippen molar-refractivity contribution in [2.45, 2.75) is 0 Å².